The van der Waals surface area contributed by atoms with E-state index in [1.807, 2.05) is 60.2 Å². The minimum Gasteiger partial charge on any atom is -0.459 e. The quantitative estimate of drug-likeness (QED) is 0.212. The number of halogens is 4. The number of hydrogen-bond acceptors (Lipinski definition) is 7. The lowest BCUT2D eigenvalue weighted by atomic mass is 9.87. The van der Waals surface area contributed by atoms with Crippen molar-refractivity contribution >= 4 is 39.8 Å². The van der Waals surface area contributed by atoms with Crippen LogP contribution in [-0.2, 0) is 17.8 Å². The highest BCUT2D eigenvalue weighted by atomic mass is 35.5. The standard InChI is InChI=1S/C34H37ClF3N7O2/c1-21(18-42(4)24-15-34(37,38)16-24)47-33-40-28-20-43(29-10-6-8-23-7-5-9-27(35)30(23)29)12-11-26(28)31(41-33)44-13-14-45(32(46)22(2)36)25(19-44)17-39-3/h5-10,21,24-25H,2,11-20H2,1,4H3/t21-,25-/m0/s1. The average Bonchev–Trinajstić information content (AvgIpc) is 3.02. The topological polar surface area (TPSA) is 69.4 Å². The Balaban J connectivity index is 1.31. The number of alkyl halides is 2. The summed E-state index contributed by atoms with van der Waals surface area (Å²) in [5.74, 6) is -3.82. The monoisotopic (exact) mass is 667 g/mol. The molecule has 3 aromatic rings. The van der Waals surface area contributed by atoms with Gasteiger partial charge in [-0.05, 0) is 37.9 Å². The molecule has 2 fully saturated rings. The molecule has 248 valence electrons. The van der Waals surface area contributed by atoms with Crippen molar-refractivity contribution in [3.63, 3.8) is 0 Å². The fraction of sp³-hybridized carbons (Fsp3) is 0.471. The van der Waals surface area contributed by atoms with Gasteiger partial charge in [0.2, 0.25) is 6.54 Å². The summed E-state index contributed by atoms with van der Waals surface area (Å²) in [7, 11) is 1.82. The smallest absolute Gasteiger partial charge is 0.318 e. The maximum Gasteiger partial charge on any atom is 0.318 e. The van der Waals surface area contributed by atoms with Gasteiger partial charge in [0.15, 0.2) is 5.83 Å². The molecule has 1 saturated carbocycles. The molecule has 13 heteroatoms. The van der Waals surface area contributed by atoms with Crippen LogP contribution < -0.4 is 14.5 Å². The molecule has 2 aliphatic heterocycles. The highest BCUT2D eigenvalue weighted by Gasteiger charge is 2.47. The predicted molar refractivity (Wildman–Crippen MR) is 176 cm³/mol. The molecule has 0 spiro atoms. The third kappa shape index (κ3) is 6.83. The van der Waals surface area contributed by atoms with E-state index in [4.69, 9.17) is 32.9 Å². The Morgan fingerprint density at radius 2 is 1.94 bits per heavy atom. The summed E-state index contributed by atoms with van der Waals surface area (Å²) < 4.78 is 47.1. The van der Waals surface area contributed by atoms with Crippen molar-refractivity contribution in [3.05, 3.63) is 76.5 Å². The SMILES string of the molecule is [C-]#[N+]C[C@H]1CN(c2nc(O[C@@H](C)CN(C)C3CC(F)(F)C3)nc3c2CCN(c2cccc4cccc(Cl)c24)C3)CCN1C(=O)C(=C)F. The van der Waals surface area contributed by atoms with Crippen LogP contribution in [0.2, 0.25) is 5.02 Å². The highest BCUT2D eigenvalue weighted by molar-refractivity contribution is 6.36. The van der Waals surface area contributed by atoms with Crippen molar-refractivity contribution in [2.75, 3.05) is 56.1 Å². The molecule has 0 bridgehead atoms. The minimum absolute atomic E-state index is 0.00531. The van der Waals surface area contributed by atoms with Crippen molar-refractivity contribution < 1.29 is 22.7 Å². The zero-order chi connectivity index (χ0) is 33.5. The number of likely N-dealkylation sites (N-methyl/N-ethyl adjacent to an activating group) is 1. The lowest BCUT2D eigenvalue weighted by Gasteiger charge is -2.42. The first kappa shape index (κ1) is 32.8. The second-order valence-corrected chi connectivity index (χ2v) is 13.1. The molecule has 9 nitrogen and oxygen atoms in total. The summed E-state index contributed by atoms with van der Waals surface area (Å²) in [5.41, 5.74) is 2.71. The van der Waals surface area contributed by atoms with Crippen LogP contribution in [-0.4, -0.2) is 96.1 Å². The van der Waals surface area contributed by atoms with Gasteiger partial charge in [-0.2, -0.15) is 9.97 Å². The number of anilines is 2. The lowest BCUT2D eigenvalue weighted by molar-refractivity contribution is -0.131. The number of nitrogens with zero attached hydrogens (tertiary/aromatic N) is 7. The number of hydrogen-bond donors (Lipinski definition) is 0. The molecule has 1 aliphatic carbocycles. The summed E-state index contributed by atoms with van der Waals surface area (Å²) in [5, 5.41) is 2.65. The summed E-state index contributed by atoms with van der Waals surface area (Å²) in [6.45, 7) is 14.9. The van der Waals surface area contributed by atoms with Gasteiger partial charge in [0.1, 0.15) is 18.0 Å². The molecule has 0 radical (unpaired) electrons. The molecule has 0 N–H and O–H groups in total. The zero-order valence-electron chi connectivity index (χ0n) is 26.4. The molecule has 3 heterocycles. The van der Waals surface area contributed by atoms with Crippen LogP contribution in [0.15, 0.2) is 48.8 Å². The third-order valence-electron chi connectivity index (χ3n) is 9.32. The normalized spacial score (nSPS) is 20.0. The van der Waals surface area contributed by atoms with E-state index >= 15 is 0 Å². The fourth-order valence-corrected chi connectivity index (χ4v) is 7.17. The van der Waals surface area contributed by atoms with Crippen molar-refractivity contribution in [1.82, 2.24) is 19.8 Å². The summed E-state index contributed by atoms with van der Waals surface area (Å²) in [6.07, 6.45) is -0.107. The van der Waals surface area contributed by atoms with Crippen LogP contribution in [0.4, 0.5) is 24.7 Å². The molecule has 2 aromatic carbocycles. The van der Waals surface area contributed by atoms with Gasteiger partial charge in [0, 0.05) is 68.2 Å². The van der Waals surface area contributed by atoms with Gasteiger partial charge in [-0.3, -0.25) is 9.69 Å². The molecule has 47 heavy (non-hydrogen) atoms. The van der Waals surface area contributed by atoms with Crippen molar-refractivity contribution in [2.45, 2.75) is 56.8 Å². The van der Waals surface area contributed by atoms with Gasteiger partial charge in [0.05, 0.1) is 17.3 Å². The Bertz CT molecular complexity index is 1720. The van der Waals surface area contributed by atoms with Gasteiger partial charge in [-0.1, -0.05) is 42.4 Å². The van der Waals surface area contributed by atoms with Gasteiger partial charge < -0.3 is 24.3 Å². The van der Waals surface area contributed by atoms with Crippen LogP contribution in [0.3, 0.4) is 0 Å². The second-order valence-electron chi connectivity index (χ2n) is 12.7. The van der Waals surface area contributed by atoms with Gasteiger partial charge >= 0.3 is 6.01 Å². The molecule has 3 aliphatic rings. The number of amides is 1. The van der Waals surface area contributed by atoms with Crippen molar-refractivity contribution in [3.8, 4) is 6.01 Å². The molecule has 1 saturated heterocycles. The van der Waals surface area contributed by atoms with E-state index in [0.29, 0.717) is 43.4 Å². The molecule has 0 unspecified atom stereocenters. The molecule has 1 amide bonds. The third-order valence-corrected chi connectivity index (χ3v) is 9.63. The van der Waals surface area contributed by atoms with Gasteiger partial charge in [-0.25, -0.2) is 19.7 Å². The second kappa shape index (κ2) is 13.2. The molecule has 1 aromatic heterocycles. The number of aromatic nitrogens is 2. The van der Waals surface area contributed by atoms with E-state index in [1.165, 1.54) is 4.90 Å². The Kier molecular flexibility index (Phi) is 9.23. The van der Waals surface area contributed by atoms with Crippen LogP contribution in [0.5, 0.6) is 6.01 Å². The number of fused-ring (bicyclic) bond motifs is 2. The highest BCUT2D eigenvalue weighted by Crippen LogP contribution is 2.40. The molecule has 2 atom stereocenters. The van der Waals surface area contributed by atoms with Crippen LogP contribution in [0.25, 0.3) is 15.6 Å². The first-order chi connectivity index (χ1) is 22.4. The zero-order valence-corrected chi connectivity index (χ0v) is 27.2. The van der Waals surface area contributed by atoms with Crippen LogP contribution in [0, 0.1) is 6.57 Å². The number of benzene rings is 2. The van der Waals surface area contributed by atoms with E-state index in [1.54, 1.807) is 0 Å². The first-order valence-electron chi connectivity index (χ1n) is 15.7. The molecule has 6 rings (SSSR count). The lowest BCUT2D eigenvalue weighted by Crippen LogP contribution is -2.57. The van der Waals surface area contributed by atoms with E-state index in [9.17, 15) is 18.0 Å². The molecular weight excluding hydrogens is 631 g/mol. The van der Waals surface area contributed by atoms with E-state index in [-0.39, 0.29) is 44.5 Å². The molecular formula is C34H37ClF3N7O2. The van der Waals surface area contributed by atoms with Gasteiger partial charge in [-0.15, -0.1) is 0 Å². The summed E-state index contributed by atoms with van der Waals surface area (Å²) in [4.78, 5) is 33.3. The van der Waals surface area contributed by atoms with Crippen LogP contribution >= 0.6 is 11.6 Å². The Morgan fingerprint density at radius 1 is 1.19 bits per heavy atom. The van der Waals surface area contributed by atoms with Crippen molar-refractivity contribution in [1.29, 1.82) is 0 Å². The maximum absolute atomic E-state index is 13.8. The van der Waals surface area contributed by atoms with E-state index in [0.717, 1.165) is 27.7 Å². The van der Waals surface area contributed by atoms with Gasteiger partial charge in [0.25, 0.3) is 11.8 Å². The number of carbonyl (C=O) groups is 1. The Labute approximate surface area is 277 Å². The number of piperazine rings is 1. The number of ether oxygens (including phenoxy) is 1. The fourth-order valence-electron chi connectivity index (χ4n) is 6.89. The first-order valence-corrected chi connectivity index (χ1v) is 16.1. The minimum atomic E-state index is -2.61. The Morgan fingerprint density at radius 3 is 2.64 bits per heavy atom. The summed E-state index contributed by atoms with van der Waals surface area (Å²) >= 11 is 6.68. The Hall–Kier alpha value is -4.08. The largest absolute Gasteiger partial charge is 0.459 e. The maximum atomic E-state index is 13.8. The van der Waals surface area contributed by atoms with E-state index < -0.39 is 29.8 Å². The number of carbonyl (C=O) groups excluding carboxylic acids is 1. The average molecular weight is 668 g/mol. The number of rotatable bonds is 9. The van der Waals surface area contributed by atoms with Crippen LogP contribution in [0.1, 0.15) is 31.0 Å². The summed E-state index contributed by atoms with van der Waals surface area (Å²) in [6, 6.07) is 11.3. The van der Waals surface area contributed by atoms with Crippen molar-refractivity contribution in [2.24, 2.45) is 0 Å². The predicted octanol–water partition coefficient (Wildman–Crippen LogP) is 5.76. The van der Waals surface area contributed by atoms with E-state index in [2.05, 4.69) is 16.3 Å².